The smallest absolute Gasteiger partial charge is 0.269 e. The van der Waals surface area contributed by atoms with Crippen molar-refractivity contribution in [3.63, 3.8) is 0 Å². The molecule has 2 N–H and O–H groups in total. The van der Waals surface area contributed by atoms with Crippen molar-refractivity contribution < 1.29 is 14.3 Å². The third kappa shape index (κ3) is 4.75. The van der Waals surface area contributed by atoms with Gasteiger partial charge in [-0.15, -0.1) is 11.8 Å². The monoisotopic (exact) mass is 330 g/mol. The lowest BCUT2D eigenvalue weighted by Gasteiger charge is -2.08. The molecule has 23 heavy (non-hydrogen) atoms. The van der Waals surface area contributed by atoms with Crippen LogP contribution in [-0.2, 0) is 0 Å². The summed E-state index contributed by atoms with van der Waals surface area (Å²) in [5.41, 5.74) is 5.71. The minimum Gasteiger partial charge on any atom is -0.494 e. The molecule has 0 bridgehead atoms. The Labute approximate surface area is 139 Å². The molecule has 2 aromatic rings. The number of benzene rings is 2. The number of nitrogens with one attached hydrogen (secondary N) is 2. The van der Waals surface area contributed by atoms with Gasteiger partial charge in [0.05, 0.1) is 6.61 Å². The van der Waals surface area contributed by atoms with E-state index in [2.05, 4.69) is 10.9 Å². The van der Waals surface area contributed by atoms with Gasteiger partial charge in [-0.3, -0.25) is 20.4 Å². The fraction of sp³-hybridized carbons (Fsp3) is 0.176. The highest BCUT2D eigenvalue weighted by Gasteiger charge is 2.09. The first-order chi connectivity index (χ1) is 11.1. The van der Waals surface area contributed by atoms with E-state index in [9.17, 15) is 9.59 Å². The summed E-state index contributed by atoms with van der Waals surface area (Å²) in [6.45, 7) is 2.46. The van der Waals surface area contributed by atoms with Crippen molar-refractivity contribution >= 4 is 23.6 Å². The first kappa shape index (κ1) is 16.9. The van der Waals surface area contributed by atoms with Gasteiger partial charge in [-0.1, -0.05) is 0 Å². The molecule has 0 aliphatic carbocycles. The molecule has 2 rings (SSSR count). The summed E-state index contributed by atoms with van der Waals surface area (Å²) in [7, 11) is 0. The first-order valence-electron chi connectivity index (χ1n) is 7.11. The van der Waals surface area contributed by atoms with E-state index < -0.39 is 0 Å². The van der Waals surface area contributed by atoms with Gasteiger partial charge in [0.1, 0.15) is 5.75 Å². The number of amides is 2. The SMILES string of the molecule is CCOc1ccc(C(=O)NNC(=O)c2ccc(SC)cc2)cc1. The highest BCUT2D eigenvalue weighted by atomic mass is 32.2. The van der Waals surface area contributed by atoms with Crippen molar-refractivity contribution in [2.24, 2.45) is 0 Å². The van der Waals surface area contributed by atoms with E-state index >= 15 is 0 Å². The fourth-order valence-electron chi connectivity index (χ4n) is 1.87. The predicted molar refractivity (Wildman–Crippen MR) is 90.8 cm³/mol. The van der Waals surface area contributed by atoms with E-state index in [0.29, 0.717) is 23.5 Å². The van der Waals surface area contributed by atoms with Crippen LogP contribution in [-0.4, -0.2) is 24.7 Å². The van der Waals surface area contributed by atoms with Crippen LogP contribution in [0.25, 0.3) is 0 Å². The summed E-state index contributed by atoms with van der Waals surface area (Å²) < 4.78 is 5.31. The minimum atomic E-state index is -0.387. The second kappa shape index (κ2) is 8.24. The van der Waals surface area contributed by atoms with E-state index in [0.717, 1.165) is 4.90 Å². The van der Waals surface area contributed by atoms with Crippen LogP contribution in [0.2, 0.25) is 0 Å². The molecule has 0 fully saturated rings. The number of carbonyl (C=O) groups excluding carboxylic acids is 2. The van der Waals surface area contributed by atoms with E-state index in [1.165, 1.54) is 0 Å². The quantitative estimate of drug-likeness (QED) is 0.653. The second-order valence-electron chi connectivity index (χ2n) is 4.59. The van der Waals surface area contributed by atoms with E-state index in [1.54, 1.807) is 48.2 Å². The molecular weight excluding hydrogens is 312 g/mol. The van der Waals surface area contributed by atoms with Crippen LogP contribution in [0.5, 0.6) is 5.75 Å². The van der Waals surface area contributed by atoms with Crippen molar-refractivity contribution in [2.45, 2.75) is 11.8 Å². The van der Waals surface area contributed by atoms with Crippen LogP contribution in [0.3, 0.4) is 0 Å². The Hall–Kier alpha value is -2.47. The average Bonchev–Trinajstić information content (AvgIpc) is 2.60. The summed E-state index contributed by atoms with van der Waals surface area (Å²) >= 11 is 1.60. The Balaban J connectivity index is 1.91. The summed E-state index contributed by atoms with van der Waals surface area (Å²) in [6.07, 6.45) is 1.96. The van der Waals surface area contributed by atoms with Crippen LogP contribution in [0, 0.1) is 0 Å². The van der Waals surface area contributed by atoms with Crippen molar-refractivity contribution in [3.05, 3.63) is 59.7 Å². The lowest BCUT2D eigenvalue weighted by atomic mass is 10.2. The number of hydrogen-bond donors (Lipinski definition) is 2. The Morgan fingerprint density at radius 3 is 1.83 bits per heavy atom. The van der Waals surface area contributed by atoms with E-state index in [4.69, 9.17) is 4.74 Å². The lowest BCUT2D eigenvalue weighted by Crippen LogP contribution is -2.41. The van der Waals surface area contributed by atoms with Crippen molar-refractivity contribution in [2.75, 3.05) is 12.9 Å². The van der Waals surface area contributed by atoms with Gasteiger partial charge in [0.15, 0.2) is 0 Å². The maximum Gasteiger partial charge on any atom is 0.269 e. The predicted octanol–water partition coefficient (Wildman–Crippen LogP) is 2.88. The number of ether oxygens (including phenoxy) is 1. The zero-order valence-electron chi connectivity index (χ0n) is 13.0. The van der Waals surface area contributed by atoms with Crippen LogP contribution < -0.4 is 15.6 Å². The molecule has 5 nitrogen and oxygen atoms in total. The fourth-order valence-corrected chi connectivity index (χ4v) is 2.28. The molecule has 0 unspecified atom stereocenters. The number of thioether (sulfide) groups is 1. The molecule has 2 aromatic carbocycles. The number of hydrazine groups is 1. The van der Waals surface area contributed by atoms with Crippen molar-refractivity contribution in [1.29, 1.82) is 0 Å². The molecule has 6 heteroatoms. The molecule has 0 radical (unpaired) electrons. The number of rotatable bonds is 5. The van der Waals surface area contributed by atoms with E-state index in [-0.39, 0.29) is 11.8 Å². The topological polar surface area (TPSA) is 67.4 Å². The summed E-state index contributed by atoms with van der Waals surface area (Å²) in [5, 5.41) is 0. The Bertz CT molecular complexity index is 669. The van der Waals surface area contributed by atoms with E-state index in [1.807, 2.05) is 25.3 Å². The molecule has 0 aliphatic heterocycles. The standard InChI is InChI=1S/C17H18N2O3S/c1-3-22-14-8-4-12(5-9-14)16(20)18-19-17(21)13-6-10-15(23-2)11-7-13/h4-11H,3H2,1-2H3,(H,18,20)(H,19,21). The summed E-state index contributed by atoms with van der Waals surface area (Å²) in [6, 6.07) is 13.8. The van der Waals surface area contributed by atoms with Gasteiger partial charge in [0.25, 0.3) is 11.8 Å². The normalized spacial score (nSPS) is 10.0. The zero-order valence-corrected chi connectivity index (χ0v) is 13.8. The lowest BCUT2D eigenvalue weighted by molar-refractivity contribution is 0.0846. The third-order valence-corrected chi connectivity index (χ3v) is 3.81. The average molecular weight is 330 g/mol. The largest absolute Gasteiger partial charge is 0.494 e. The van der Waals surface area contributed by atoms with Crippen LogP contribution in [0.15, 0.2) is 53.4 Å². The van der Waals surface area contributed by atoms with Crippen LogP contribution >= 0.6 is 11.8 Å². The first-order valence-corrected chi connectivity index (χ1v) is 8.34. The van der Waals surface area contributed by atoms with Crippen LogP contribution in [0.1, 0.15) is 27.6 Å². The summed E-state index contributed by atoms with van der Waals surface area (Å²) in [4.78, 5) is 25.0. The molecule has 0 saturated heterocycles. The third-order valence-electron chi connectivity index (χ3n) is 3.07. The summed E-state index contributed by atoms with van der Waals surface area (Å²) in [5.74, 6) is -0.0546. The highest BCUT2D eigenvalue weighted by molar-refractivity contribution is 7.98. The maximum atomic E-state index is 12.0. The number of hydrogen-bond acceptors (Lipinski definition) is 4. The Morgan fingerprint density at radius 1 is 0.913 bits per heavy atom. The van der Waals surface area contributed by atoms with Gasteiger partial charge >= 0.3 is 0 Å². The molecule has 0 spiro atoms. The minimum absolute atomic E-state index is 0.364. The maximum absolute atomic E-state index is 12.0. The molecular formula is C17H18N2O3S. The van der Waals surface area contributed by atoms with Gasteiger partial charge in [-0.05, 0) is 61.7 Å². The zero-order chi connectivity index (χ0) is 16.7. The second-order valence-corrected chi connectivity index (χ2v) is 5.47. The van der Waals surface area contributed by atoms with Gasteiger partial charge in [0.2, 0.25) is 0 Å². The van der Waals surface area contributed by atoms with Gasteiger partial charge < -0.3 is 4.74 Å². The number of carbonyl (C=O) groups is 2. The van der Waals surface area contributed by atoms with Gasteiger partial charge in [-0.25, -0.2) is 0 Å². The van der Waals surface area contributed by atoms with Gasteiger partial charge in [0, 0.05) is 16.0 Å². The molecule has 0 saturated carbocycles. The van der Waals surface area contributed by atoms with Crippen molar-refractivity contribution in [1.82, 2.24) is 10.9 Å². The highest BCUT2D eigenvalue weighted by Crippen LogP contribution is 2.15. The van der Waals surface area contributed by atoms with Crippen LogP contribution in [0.4, 0.5) is 0 Å². The molecule has 2 amide bonds. The molecule has 120 valence electrons. The van der Waals surface area contributed by atoms with Gasteiger partial charge in [-0.2, -0.15) is 0 Å². The van der Waals surface area contributed by atoms with Crippen molar-refractivity contribution in [3.8, 4) is 5.75 Å². The molecule has 0 atom stereocenters. The Kier molecular flexibility index (Phi) is 6.05. The molecule has 0 aliphatic rings. The molecule has 0 heterocycles. The molecule has 0 aromatic heterocycles. The Morgan fingerprint density at radius 2 is 1.39 bits per heavy atom.